The van der Waals surface area contributed by atoms with E-state index in [4.69, 9.17) is 0 Å². The van der Waals surface area contributed by atoms with Crippen LogP contribution in [0.1, 0.15) is 19.8 Å². The van der Waals surface area contributed by atoms with E-state index in [9.17, 15) is 4.79 Å². The van der Waals surface area contributed by atoms with E-state index in [-0.39, 0.29) is 35.9 Å². The number of nitrogens with zero attached hydrogens (tertiary/aromatic N) is 3. The maximum Gasteiger partial charge on any atom is 0.222 e. The normalized spacial score (nSPS) is 17.0. The molecule has 0 spiro atoms. The van der Waals surface area contributed by atoms with Gasteiger partial charge in [-0.2, -0.15) is 0 Å². The van der Waals surface area contributed by atoms with Gasteiger partial charge in [0.15, 0.2) is 5.96 Å². The molecule has 1 saturated heterocycles. The summed E-state index contributed by atoms with van der Waals surface area (Å²) in [5, 5.41) is 6.76. The summed E-state index contributed by atoms with van der Waals surface area (Å²) in [6, 6.07) is 10.6. The first kappa shape index (κ1) is 21.5. The number of rotatable bonds is 6. The Morgan fingerprint density at radius 3 is 2.72 bits per heavy atom. The first-order valence-electron chi connectivity index (χ1n) is 8.65. The third-order valence-electron chi connectivity index (χ3n) is 4.34. The lowest BCUT2D eigenvalue weighted by Crippen LogP contribution is -2.46. The maximum absolute atomic E-state index is 11.7. The van der Waals surface area contributed by atoms with Gasteiger partial charge in [-0.3, -0.25) is 9.79 Å². The fraction of sp³-hybridized carbons (Fsp3) is 0.556. The molecule has 0 bridgehead atoms. The van der Waals surface area contributed by atoms with Crippen molar-refractivity contribution < 1.29 is 4.79 Å². The van der Waals surface area contributed by atoms with Gasteiger partial charge in [-0.15, -0.1) is 24.0 Å². The molecule has 1 fully saturated rings. The van der Waals surface area contributed by atoms with Crippen LogP contribution >= 0.6 is 24.0 Å². The molecule has 0 aromatic heterocycles. The van der Waals surface area contributed by atoms with Gasteiger partial charge in [-0.25, -0.2) is 0 Å². The number of likely N-dealkylation sites (N-methyl/N-ethyl adjacent to an activating group) is 1. The lowest BCUT2D eigenvalue weighted by atomic mass is 10.3. The summed E-state index contributed by atoms with van der Waals surface area (Å²) in [5.74, 6) is 1.03. The van der Waals surface area contributed by atoms with Gasteiger partial charge in [0.05, 0.1) is 0 Å². The summed E-state index contributed by atoms with van der Waals surface area (Å²) in [6.07, 6.45) is 1.54. The van der Waals surface area contributed by atoms with Crippen molar-refractivity contribution >= 4 is 41.5 Å². The second kappa shape index (κ2) is 11.2. The van der Waals surface area contributed by atoms with Crippen molar-refractivity contribution in [1.29, 1.82) is 0 Å². The topological polar surface area (TPSA) is 60.0 Å². The van der Waals surface area contributed by atoms with Crippen molar-refractivity contribution in [2.24, 2.45) is 4.99 Å². The molecule has 0 aliphatic carbocycles. The van der Waals surface area contributed by atoms with Crippen LogP contribution in [0.2, 0.25) is 0 Å². The second-order valence-electron chi connectivity index (χ2n) is 6.08. The van der Waals surface area contributed by atoms with Gasteiger partial charge >= 0.3 is 0 Å². The van der Waals surface area contributed by atoms with Gasteiger partial charge in [-0.1, -0.05) is 25.1 Å². The average Bonchev–Trinajstić information content (AvgIpc) is 3.09. The van der Waals surface area contributed by atoms with Crippen LogP contribution in [0.25, 0.3) is 0 Å². The van der Waals surface area contributed by atoms with Gasteiger partial charge in [0, 0.05) is 58.4 Å². The minimum atomic E-state index is 0. The van der Waals surface area contributed by atoms with Gasteiger partial charge in [0.1, 0.15) is 0 Å². The van der Waals surface area contributed by atoms with E-state index in [0.717, 1.165) is 38.6 Å². The summed E-state index contributed by atoms with van der Waals surface area (Å²) >= 11 is 0. The molecule has 2 N–H and O–H groups in total. The third kappa shape index (κ3) is 6.72. The molecule has 7 heteroatoms. The van der Waals surface area contributed by atoms with E-state index in [2.05, 4.69) is 39.7 Å². The first-order valence-corrected chi connectivity index (χ1v) is 8.65. The van der Waals surface area contributed by atoms with Crippen molar-refractivity contribution in [2.75, 3.05) is 45.2 Å². The Kier molecular flexibility index (Phi) is 9.62. The van der Waals surface area contributed by atoms with E-state index in [1.54, 1.807) is 7.05 Å². The number of nitrogens with one attached hydrogen (secondary N) is 2. The van der Waals surface area contributed by atoms with Crippen LogP contribution in [0.3, 0.4) is 0 Å². The van der Waals surface area contributed by atoms with E-state index < -0.39 is 0 Å². The molecule has 1 amide bonds. The number of likely N-dealkylation sites (tertiary alicyclic amines) is 1. The van der Waals surface area contributed by atoms with Crippen LogP contribution < -0.4 is 15.5 Å². The monoisotopic (exact) mass is 459 g/mol. The predicted octanol–water partition coefficient (Wildman–Crippen LogP) is 1.92. The van der Waals surface area contributed by atoms with Crippen molar-refractivity contribution in [2.45, 2.75) is 25.8 Å². The molecule has 1 aliphatic heterocycles. The molecule has 1 aliphatic rings. The van der Waals surface area contributed by atoms with E-state index in [1.807, 2.05) is 30.0 Å². The fourth-order valence-corrected chi connectivity index (χ4v) is 2.87. The number of carbonyl (C=O) groups excluding carboxylic acids is 1. The second-order valence-corrected chi connectivity index (χ2v) is 6.08. The molecule has 0 saturated carbocycles. The fourth-order valence-electron chi connectivity index (χ4n) is 2.87. The van der Waals surface area contributed by atoms with Gasteiger partial charge in [0.2, 0.25) is 5.91 Å². The van der Waals surface area contributed by atoms with Crippen molar-refractivity contribution in [3.05, 3.63) is 30.3 Å². The number of para-hydroxylation sites is 1. The Labute approximate surface area is 168 Å². The Balaban J connectivity index is 0.00000312. The van der Waals surface area contributed by atoms with Crippen LogP contribution in [-0.4, -0.2) is 63.1 Å². The predicted molar refractivity (Wildman–Crippen MR) is 115 cm³/mol. The molecule has 1 aromatic rings. The molecule has 1 atom stereocenters. The number of hydrogen-bond donors (Lipinski definition) is 2. The number of amides is 1. The summed E-state index contributed by atoms with van der Waals surface area (Å²) in [5.41, 5.74) is 1.20. The first-order chi connectivity index (χ1) is 11.6. The minimum Gasteiger partial charge on any atom is -0.373 e. The van der Waals surface area contributed by atoms with Crippen LogP contribution in [0.5, 0.6) is 0 Å². The summed E-state index contributed by atoms with van der Waals surface area (Å²) in [4.78, 5) is 20.2. The Morgan fingerprint density at radius 2 is 2.08 bits per heavy atom. The number of guanidine groups is 1. The van der Waals surface area contributed by atoms with Crippen LogP contribution in [0.4, 0.5) is 5.69 Å². The lowest BCUT2D eigenvalue weighted by molar-refractivity contribution is -0.129. The number of hydrogen-bond acceptors (Lipinski definition) is 3. The highest BCUT2D eigenvalue weighted by atomic mass is 127. The van der Waals surface area contributed by atoms with Crippen LogP contribution in [0.15, 0.2) is 35.3 Å². The molecule has 1 aromatic carbocycles. The third-order valence-corrected chi connectivity index (χ3v) is 4.34. The van der Waals surface area contributed by atoms with Gasteiger partial charge < -0.3 is 20.4 Å². The van der Waals surface area contributed by atoms with E-state index >= 15 is 0 Å². The average molecular weight is 459 g/mol. The largest absolute Gasteiger partial charge is 0.373 e. The minimum absolute atomic E-state index is 0. The van der Waals surface area contributed by atoms with Crippen molar-refractivity contribution in [1.82, 2.24) is 15.5 Å². The zero-order valence-electron chi connectivity index (χ0n) is 15.4. The zero-order chi connectivity index (χ0) is 17.4. The molecule has 1 unspecified atom stereocenters. The highest BCUT2D eigenvalue weighted by molar-refractivity contribution is 14.0. The van der Waals surface area contributed by atoms with Crippen molar-refractivity contribution in [3.63, 3.8) is 0 Å². The molecule has 0 radical (unpaired) electrons. The number of anilines is 1. The molecule has 140 valence electrons. The zero-order valence-corrected chi connectivity index (χ0v) is 17.7. The molecule has 2 rings (SSSR count). The van der Waals surface area contributed by atoms with E-state index in [1.165, 1.54) is 5.69 Å². The number of halogens is 1. The molecular formula is C18H30IN5O. The van der Waals surface area contributed by atoms with Crippen LogP contribution in [-0.2, 0) is 4.79 Å². The van der Waals surface area contributed by atoms with Gasteiger partial charge in [0.25, 0.3) is 0 Å². The summed E-state index contributed by atoms with van der Waals surface area (Å²) < 4.78 is 0. The molecule has 1 heterocycles. The number of aliphatic imine (C=N–C) groups is 1. The Hall–Kier alpha value is -1.51. The molecule has 6 nitrogen and oxygen atoms in total. The SMILES string of the molecule is CCC(=O)N1CCC(NC(=NC)NCCN(C)c2ccccc2)C1.I. The Bertz CT molecular complexity index is 552. The standard InChI is InChI=1S/C18H29N5O.HI/c1-4-17(24)23-12-10-15(14-23)21-18(19-2)20-11-13-22(3)16-8-6-5-7-9-16;/h5-9,15H,4,10-14H2,1-3H3,(H2,19,20,21);1H. The molecular weight excluding hydrogens is 429 g/mol. The highest BCUT2D eigenvalue weighted by Crippen LogP contribution is 2.11. The number of carbonyl (C=O) groups is 1. The molecule has 25 heavy (non-hydrogen) atoms. The number of benzene rings is 1. The quantitative estimate of drug-likeness (QED) is 0.388. The highest BCUT2D eigenvalue weighted by Gasteiger charge is 2.25. The maximum atomic E-state index is 11.7. The Morgan fingerprint density at radius 1 is 1.36 bits per heavy atom. The van der Waals surface area contributed by atoms with E-state index in [0.29, 0.717) is 6.42 Å². The smallest absolute Gasteiger partial charge is 0.222 e. The summed E-state index contributed by atoms with van der Waals surface area (Å²) in [6.45, 7) is 5.19. The van der Waals surface area contributed by atoms with Crippen molar-refractivity contribution in [3.8, 4) is 0 Å². The summed E-state index contributed by atoms with van der Waals surface area (Å²) in [7, 11) is 3.86. The van der Waals surface area contributed by atoms with Crippen LogP contribution in [0, 0.1) is 0 Å². The lowest BCUT2D eigenvalue weighted by Gasteiger charge is -2.22. The van der Waals surface area contributed by atoms with Gasteiger partial charge in [-0.05, 0) is 18.6 Å².